The van der Waals surface area contributed by atoms with Crippen molar-refractivity contribution in [1.29, 1.82) is 0 Å². The van der Waals surface area contributed by atoms with Gasteiger partial charge in [0, 0.05) is 62.4 Å². The molecule has 1 N–H and O–H groups in total. The second kappa shape index (κ2) is 7.23. The molecule has 0 aliphatic carbocycles. The fraction of sp³-hybridized carbons (Fsp3) is 0.500. The summed E-state index contributed by atoms with van der Waals surface area (Å²) in [7, 11) is 0. The predicted molar refractivity (Wildman–Crippen MR) is 95.1 cm³/mol. The molecule has 0 radical (unpaired) electrons. The summed E-state index contributed by atoms with van der Waals surface area (Å²) in [6, 6.07) is 8.31. The van der Waals surface area contributed by atoms with Gasteiger partial charge in [0.15, 0.2) is 0 Å². The molecule has 2 fully saturated rings. The van der Waals surface area contributed by atoms with Gasteiger partial charge >= 0.3 is 0 Å². The Balaban J connectivity index is 1.36. The van der Waals surface area contributed by atoms with Crippen LogP contribution in [0.3, 0.4) is 0 Å². The quantitative estimate of drug-likeness (QED) is 0.921. The number of benzene rings is 1. The minimum Gasteiger partial charge on any atom is -0.444 e. The SMILES string of the molecule is Clc1cccc(-c2nc(CN3CCC(N4CCNCC4)C3)co2)c1. The van der Waals surface area contributed by atoms with E-state index in [1.807, 2.05) is 24.3 Å². The van der Waals surface area contributed by atoms with Crippen LogP contribution in [0.25, 0.3) is 11.5 Å². The van der Waals surface area contributed by atoms with Crippen LogP contribution in [0.4, 0.5) is 0 Å². The normalized spacial score (nSPS) is 23.0. The van der Waals surface area contributed by atoms with E-state index in [4.69, 9.17) is 16.0 Å². The van der Waals surface area contributed by atoms with Gasteiger partial charge in [-0.25, -0.2) is 4.98 Å². The third kappa shape index (κ3) is 3.64. The number of hydrogen-bond acceptors (Lipinski definition) is 5. The summed E-state index contributed by atoms with van der Waals surface area (Å²) in [5, 5.41) is 4.12. The van der Waals surface area contributed by atoms with E-state index in [1.54, 1.807) is 6.26 Å². The van der Waals surface area contributed by atoms with Crippen LogP contribution >= 0.6 is 11.6 Å². The van der Waals surface area contributed by atoms with Crippen LogP contribution in [0, 0.1) is 0 Å². The van der Waals surface area contributed by atoms with Crippen molar-refractivity contribution in [2.24, 2.45) is 0 Å². The van der Waals surface area contributed by atoms with Gasteiger partial charge in [0.05, 0.1) is 5.69 Å². The lowest BCUT2D eigenvalue weighted by Gasteiger charge is -2.32. The third-order valence-corrected chi connectivity index (χ3v) is 5.16. The van der Waals surface area contributed by atoms with Crippen LogP contribution in [-0.2, 0) is 6.54 Å². The van der Waals surface area contributed by atoms with Gasteiger partial charge < -0.3 is 9.73 Å². The van der Waals surface area contributed by atoms with E-state index in [1.165, 1.54) is 19.5 Å². The van der Waals surface area contributed by atoms with Crippen molar-refractivity contribution in [1.82, 2.24) is 20.1 Å². The second-order valence-electron chi connectivity index (χ2n) is 6.62. The molecule has 2 aliphatic rings. The molecule has 6 heteroatoms. The number of nitrogens with one attached hydrogen (secondary N) is 1. The molecule has 0 bridgehead atoms. The maximum Gasteiger partial charge on any atom is 0.226 e. The molecule has 5 nitrogen and oxygen atoms in total. The van der Waals surface area contributed by atoms with E-state index < -0.39 is 0 Å². The highest BCUT2D eigenvalue weighted by Crippen LogP contribution is 2.23. The van der Waals surface area contributed by atoms with Crippen molar-refractivity contribution in [3.8, 4) is 11.5 Å². The van der Waals surface area contributed by atoms with E-state index in [2.05, 4.69) is 20.1 Å². The van der Waals surface area contributed by atoms with E-state index >= 15 is 0 Å². The van der Waals surface area contributed by atoms with Crippen molar-refractivity contribution in [3.63, 3.8) is 0 Å². The molecule has 1 aromatic heterocycles. The summed E-state index contributed by atoms with van der Waals surface area (Å²) in [4.78, 5) is 9.73. The topological polar surface area (TPSA) is 44.5 Å². The summed E-state index contributed by atoms with van der Waals surface area (Å²) in [5.41, 5.74) is 1.92. The number of nitrogens with zero attached hydrogens (tertiary/aromatic N) is 3. The van der Waals surface area contributed by atoms with E-state index in [9.17, 15) is 0 Å². The Bertz CT molecular complexity index is 683. The fourth-order valence-corrected chi connectivity index (χ4v) is 3.85. The molecule has 4 rings (SSSR count). The highest BCUT2D eigenvalue weighted by Gasteiger charge is 2.28. The number of piperazine rings is 1. The van der Waals surface area contributed by atoms with Gasteiger partial charge in [0.1, 0.15) is 6.26 Å². The molecule has 24 heavy (non-hydrogen) atoms. The average Bonchev–Trinajstić information content (AvgIpc) is 3.26. The standard InChI is InChI=1S/C18H23ClN4O/c19-15-3-1-2-14(10-15)18-21-16(13-24-18)11-22-7-4-17(12-22)23-8-5-20-6-9-23/h1-3,10,13,17,20H,4-9,11-12H2. The molecule has 0 amide bonds. The van der Waals surface area contributed by atoms with Gasteiger partial charge in [-0.05, 0) is 24.6 Å². The molecule has 128 valence electrons. The lowest BCUT2D eigenvalue weighted by molar-refractivity contribution is 0.170. The summed E-state index contributed by atoms with van der Waals surface area (Å²) in [6.45, 7) is 7.67. The molecular formula is C18H23ClN4O. The lowest BCUT2D eigenvalue weighted by Crippen LogP contribution is -2.49. The zero-order valence-corrected chi connectivity index (χ0v) is 14.5. The van der Waals surface area contributed by atoms with Crippen molar-refractivity contribution in [3.05, 3.63) is 41.2 Å². The van der Waals surface area contributed by atoms with E-state index in [-0.39, 0.29) is 0 Å². The van der Waals surface area contributed by atoms with Gasteiger partial charge in [-0.2, -0.15) is 0 Å². The van der Waals surface area contributed by atoms with E-state index in [0.29, 0.717) is 17.0 Å². The summed E-state index contributed by atoms with van der Waals surface area (Å²) >= 11 is 6.04. The van der Waals surface area contributed by atoms with Crippen molar-refractivity contribution in [2.45, 2.75) is 19.0 Å². The average molecular weight is 347 g/mol. The van der Waals surface area contributed by atoms with Crippen LogP contribution < -0.4 is 5.32 Å². The first-order valence-electron chi connectivity index (χ1n) is 8.65. The van der Waals surface area contributed by atoms with Crippen LogP contribution in [0.5, 0.6) is 0 Å². The molecule has 1 aromatic carbocycles. The van der Waals surface area contributed by atoms with Crippen LogP contribution in [0.15, 0.2) is 34.9 Å². The lowest BCUT2D eigenvalue weighted by atomic mass is 10.2. The second-order valence-corrected chi connectivity index (χ2v) is 7.05. The highest BCUT2D eigenvalue weighted by atomic mass is 35.5. The molecule has 1 unspecified atom stereocenters. The Morgan fingerprint density at radius 2 is 2.12 bits per heavy atom. The largest absolute Gasteiger partial charge is 0.444 e. The molecular weight excluding hydrogens is 324 g/mol. The molecule has 2 aliphatic heterocycles. The maximum absolute atomic E-state index is 6.04. The van der Waals surface area contributed by atoms with Crippen LogP contribution in [-0.4, -0.2) is 60.1 Å². The number of halogens is 1. The zero-order valence-electron chi connectivity index (χ0n) is 13.7. The maximum atomic E-state index is 6.04. The number of aromatic nitrogens is 1. The molecule has 2 saturated heterocycles. The predicted octanol–water partition coefficient (Wildman–Crippen LogP) is 2.47. The van der Waals surface area contributed by atoms with Gasteiger partial charge in [0.25, 0.3) is 0 Å². The smallest absolute Gasteiger partial charge is 0.226 e. The Morgan fingerprint density at radius 1 is 1.25 bits per heavy atom. The molecule has 0 saturated carbocycles. The van der Waals surface area contributed by atoms with Gasteiger partial charge in [-0.1, -0.05) is 17.7 Å². The Morgan fingerprint density at radius 3 is 2.96 bits per heavy atom. The summed E-state index contributed by atoms with van der Waals surface area (Å²) in [6.07, 6.45) is 3.02. The zero-order chi connectivity index (χ0) is 16.4. The van der Waals surface area contributed by atoms with Crippen LogP contribution in [0.2, 0.25) is 5.02 Å². The Labute approximate surface area is 147 Å². The minimum atomic E-state index is 0.644. The first-order valence-corrected chi connectivity index (χ1v) is 9.03. The number of likely N-dealkylation sites (tertiary alicyclic amines) is 1. The van der Waals surface area contributed by atoms with Crippen molar-refractivity contribution in [2.75, 3.05) is 39.3 Å². The minimum absolute atomic E-state index is 0.644. The molecule has 3 heterocycles. The highest BCUT2D eigenvalue weighted by molar-refractivity contribution is 6.30. The van der Waals surface area contributed by atoms with E-state index in [0.717, 1.165) is 44.0 Å². The van der Waals surface area contributed by atoms with Crippen molar-refractivity contribution < 1.29 is 4.42 Å². The van der Waals surface area contributed by atoms with Gasteiger partial charge in [0.2, 0.25) is 5.89 Å². The number of oxazole rings is 1. The summed E-state index contributed by atoms with van der Waals surface area (Å²) in [5.74, 6) is 0.644. The number of hydrogen-bond donors (Lipinski definition) is 1. The first-order chi connectivity index (χ1) is 11.8. The summed E-state index contributed by atoms with van der Waals surface area (Å²) < 4.78 is 5.64. The Kier molecular flexibility index (Phi) is 4.85. The monoisotopic (exact) mass is 346 g/mol. The molecule has 1 atom stereocenters. The molecule has 0 spiro atoms. The first kappa shape index (κ1) is 16.1. The molecule has 2 aromatic rings. The number of rotatable bonds is 4. The van der Waals surface area contributed by atoms with Gasteiger partial charge in [-0.3, -0.25) is 9.80 Å². The van der Waals surface area contributed by atoms with Crippen LogP contribution in [0.1, 0.15) is 12.1 Å². The fourth-order valence-electron chi connectivity index (χ4n) is 3.66. The Hall–Kier alpha value is -1.40. The van der Waals surface area contributed by atoms with Gasteiger partial charge in [-0.15, -0.1) is 0 Å². The van der Waals surface area contributed by atoms with Crippen molar-refractivity contribution >= 4 is 11.6 Å². The third-order valence-electron chi connectivity index (χ3n) is 4.92.